The lowest BCUT2D eigenvalue weighted by Crippen LogP contribution is -2.17. The molecule has 1 aliphatic rings. The Balaban J connectivity index is 1.77. The molecule has 0 saturated carbocycles. The molecule has 174 valence electrons. The third-order valence-corrected chi connectivity index (χ3v) is 6.65. The first-order chi connectivity index (χ1) is 15.7. The van der Waals surface area contributed by atoms with Gasteiger partial charge in [0.05, 0.1) is 30.1 Å². The third kappa shape index (κ3) is 5.45. The van der Waals surface area contributed by atoms with Crippen LogP contribution in [0.2, 0.25) is 0 Å². The van der Waals surface area contributed by atoms with E-state index in [0.717, 1.165) is 54.0 Å². The Labute approximate surface area is 195 Å². The molecular formula is C25H26F3N3OS. The molecule has 0 spiro atoms. The van der Waals surface area contributed by atoms with Crippen molar-refractivity contribution in [1.82, 2.24) is 4.68 Å². The Morgan fingerprint density at radius 3 is 2.64 bits per heavy atom. The molecule has 2 aromatic carbocycles. The molecule has 1 aliphatic heterocycles. The van der Waals surface area contributed by atoms with E-state index in [1.165, 1.54) is 29.2 Å². The van der Waals surface area contributed by atoms with Crippen molar-refractivity contribution in [2.24, 2.45) is 10.1 Å². The monoisotopic (exact) mass is 473 g/mol. The van der Waals surface area contributed by atoms with Crippen LogP contribution in [0, 0.1) is 20.8 Å². The van der Waals surface area contributed by atoms with Gasteiger partial charge in [0.1, 0.15) is 0 Å². The fourth-order valence-electron chi connectivity index (χ4n) is 3.83. The lowest BCUT2D eigenvalue weighted by atomic mass is 9.99. The minimum absolute atomic E-state index is 0.0970. The Morgan fingerprint density at radius 1 is 1.12 bits per heavy atom. The van der Waals surface area contributed by atoms with Crippen LogP contribution in [0.1, 0.15) is 40.7 Å². The lowest BCUT2D eigenvalue weighted by molar-refractivity contribution is -0.137. The number of nitrogens with zero attached hydrogens (tertiary/aromatic N) is 3. The van der Waals surface area contributed by atoms with Gasteiger partial charge < -0.3 is 4.74 Å². The molecule has 1 fully saturated rings. The maximum Gasteiger partial charge on any atom is 0.416 e. The van der Waals surface area contributed by atoms with E-state index >= 15 is 0 Å². The summed E-state index contributed by atoms with van der Waals surface area (Å²) in [5.74, 6) is 0. The molecule has 4 rings (SSSR count). The van der Waals surface area contributed by atoms with E-state index in [0.29, 0.717) is 16.9 Å². The fraction of sp³-hybridized carbons (Fsp3) is 0.360. The number of alkyl halides is 3. The molecule has 0 amide bonds. The van der Waals surface area contributed by atoms with Crippen LogP contribution in [0.3, 0.4) is 0 Å². The van der Waals surface area contributed by atoms with Crippen molar-refractivity contribution >= 4 is 17.6 Å². The summed E-state index contributed by atoms with van der Waals surface area (Å²) in [6.45, 7) is 7.46. The second-order valence-electron chi connectivity index (χ2n) is 8.31. The van der Waals surface area contributed by atoms with Gasteiger partial charge >= 0.3 is 6.18 Å². The van der Waals surface area contributed by atoms with Crippen molar-refractivity contribution in [3.63, 3.8) is 0 Å². The Bertz CT molecular complexity index is 1230. The van der Waals surface area contributed by atoms with Gasteiger partial charge in [-0.15, -0.1) is 11.3 Å². The van der Waals surface area contributed by atoms with Gasteiger partial charge in [-0.1, -0.05) is 18.2 Å². The maximum absolute atomic E-state index is 13.1. The van der Waals surface area contributed by atoms with Crippen LogP contribution in [0.15, 0.2) is 51.9 Å². The summed E-state index contributed by atoms with van der Waals surface area (Å²) in [4.78, 5) is 5.42. The molecule has 3 aromatic rings. The molecule has 0 bridgehead atoms. The lowest BCUT2D eigenvalue weighted by Gasteiger charge is -2.11. The molecule has 4 nitrogen and oxygen atoms in total. The van der Waals surface area contributed by atoms with E-state index in [4.69, 9.17) is 9.73 Å². The van der Waals surface area contributed by atoms with Crippen molar-refractivity contribution < 1.29 is 17.9 Å². The first-order valence-corrected chi connectivity index (χ1v) is 11.7. The van der Waals surface area contributed by atoms with Gasteiger partial charge in [0, 0.05) is 17.6 Å². The van der Waals surface area contributed by atoms with Crippen molar-refractivity contribution in [2.75, 3.05) is 13.2 Å². The molecule has 33 heavy (non-hydrogen) atoms. The Hall–Kier alpha value is -2.71. The standard InChI is InChI=1S/C25H26F3N3OS/c1-16-10-18(3)22(11-17(16)2)23-15-33-24(29-14-21-8-5-9-32-21)31(23)30-13-19-6-4-7-20(12-19)25(26,27)28/h4,6-7,10-13,15,21H,5,8-9,14H2,1-3H3. The van der Waals surface area contributed by atoms with Crippen molar-refractivity contribution in [3.8, 4) is 11.3 Å². The number of benzene rings is 2. The molecule has 0 radical (unpaired) electrons. The van der Waals surface area contributed by atoms with Crippen molar-refractivity contribution in [2.45, 2.75) is 45.9 Å². The van der Waals surface area contributed by atoms with Crippen LogP contribution in [0.5, 0.6) is 0 Å². The molecular weight excluding hydrogens is 447 g/mol. The fourth-order valence-corrected chi connectivity index (χ4v) is 4.67. The number of aromatic nitrogens is 1. The minimum Gasteiger partial charge on any atom is -0.376 e. The third-order valence-electron chi connectivity index (χ3n) is 5.79. The second kappa shape index (κ2) is 9.65. The zero-order chi connectivity index (χ0) is 23.6. The van der Waals surface area contributed by atoms with Gasteiger partial charge in [0.2, 0.25) is 4.80 Å². The van der Waals surface area contributed by atoms with E-state index in [1.54, 1.807) is 10.7 Å². The first-order valence-electron chi connectivity index (χ1n) is 10.8. The molecule has 1 atom stereocenters. The number of rotatable bonds is 5. The predicted octanol–water partition coefficient (Wildman–Crippen LogP) is 6.12. The summed E-state index contributed by atoms with van der Waals surface area (Å²) in [5.41, 5.74) is 5.02. The topological polar surface area (TPSA) is 38.9 Å². The second-order valence-corrected chi connectivity index (χ2v) is 9.15. The number of halogens is 3. The van der Waals surface area contributed by atoms with Crippen LogP contribution in [0.4, 0.5) is 13.2 Å². The highest BCUT2D eigenvalue weighted by Crippen LogP contribution is 2.30. The number of aryl methyl sites for hydroxylation is 3. The smallest absolute Gasteiger partial charge is 0.376 e. The van der Waals surface area contributed by atoms with Gasteiger partial charge in [0.25, 0.3) is 0 Å². The molecule has 0 aliphatic carbocycles. The molecule has 1 unspecified atom stereocenters. The quantitative estimate of drug-likeness (QED) is 0.411. The number of hydrogen-bond acceptors (Lipinski definition) is 4. The van der Waals surface area contributed by atoms with E-state index in [1.807, 2.05) is 12.3 Å². The zero-order valence-electron chi connectivity index (χ0n) is 18.8. The normalized spacial score (nSPS) is 17.4. The number of thiazole rings is 1. The summed E-state index contributed by atoms with van der Waals surface area (Å²) in [5, 5.41) is 6.57. The zero-order valence-corrected chi connectivity index (χ0v) is 19.6. The number of ether oxygens (including phenoxy) is 1. The van der Waals surface area contributed by atoms with Gasteiger partial charge in [0.15, 0.2) is 0 Å². The predicted molar refractivity (Wildman–Crippen MR) is 126 cm³/mol. The highest BCUT2D eigenvalue weighted by Gasteiger charge is 2.30. The summed E-state index contributed by atoms with van der Waals surface area (Å²) >= 11 is 1.46. The molecule has 1 aromatic heterocycles. The summed E-state index contributed by atoms with van der Waals surface area (Å²) in [7, 11) is 0. The van der Waals surface area contributed by atoms with Gasteiger partial charge in [-0.3, -0.25) is 4.99 Å². The van der Waals surface area contributed by atoms with Crippen LogP contribution in [-0.4, -0.2) is 30.1 Å². The Kier molecular flexibility index (Phi) is 6.86. The Morgan fingerprint density at radius 2 is 1.91 bits per heavy atom. The van der Waals surface area contributed by atoms with E-state index < -0.39 is 11.7 Å². The van der Waals surface area contributed by atoms with E-state index in [2.05, 4.69) is 31.1 Å². The minimum atomic E-state index is -4.40. The van der Waals surface area contributed by atoms with Crippen LogP contribution < -0.4 is 4.80 Å². The first kappa shape index (κ1) is 23.4. The van der Waals surface area contributed by atoms with Crippen LogP contribution in [0.25, 0.3) is 11.3 Å². The summed E-state index contributed by atoms with van der Waals surface area (Å²) in [6, 6.07) is 9.40. The molecule has 0 N–H and O–H groups in total. The van der Waals surface area contributed by atoms with Crippen molar-refractivity contribution in [1.29, 1.82) is 0 Å². The van der Waals surface area contributed by atoms with Crippen molar-refractivity contribution in [3.05, 3.63) is 74.4 Å². The van der Waals surface area contributed by atoms with Gasteiger partial charge in [-0.05, 0) is 74.1 Å². The summed E-state index contributed by atoms with van der Waals surface area (Å²) < 4.78 is 46.8. The largest absolute Gasteiger partial charge is 0.416 e. The average Bonchev–Trinajstić information content (AvgIpc) is 3.43. The highest BCUT2D eigenvalue weighted by atomic mass is 32.1. The maximum atomic E-state index is 13.1. The van der Waals surface area contributed by atoms with E-state index in [-0.39, 0.29) is 6.10 Å². The highest BCUT2D eigenvalue weighted by molar-refractivity contribution is 7.07. The summed E-state index contributed by atoms with van der Waals surface area (Å²) in [6.07, 6.45) is -0.841. The van der Waals surface area contributed by atoms with Crippen LogP contribution >= 0.6 is 11.3 Å². The number of hydrogen-bond donors (Lipinski definition) is 0. The molecule has 8 heteroatoms. The molecule has 2 heterocycles. The van der Waals surface area contributed by atoms with Crippen LogP contribution in [-0.2, 0) is 10.9 Å². The molecule has 1 saturated heterocycles. The SMILES string of the molecule is Cc1cc(C)c(-c2csc(=NCC3CCCO3)n2N=Cc2cccc(C(F)(F)F)c2)cc1C. The van der Waals surface area contributed by atoms with E-state index in [9.17, 15) is 13.2 Å². The van der Waals surface area contributed by atoms with Gasteiger partial charge in [-0.2, -0.15) is 18.3 Å². The van der Waals surface area contributed by atoms with Gasteiger partial charge in [-0.25, -0.2) is 4.68 Å². The average molecular weight is 474 g/mol.